The van der Waals surface area contributed by atoms with Crippen LogP contribution in [-0.2, 0) is 6.54 Å². The second-order valence-corrected chi connectivity index (χ2v) is 9.52. The van der Waals surface area contributed by atoms with Crippen molar-refractivity contribution in [1.82, 2.24) is 19.4 Å². The van der Waals surface area contributed by atoms with Crippen molar-refractivity contribution in [3.8, 4) is 11.5 Å². The standard InChI is InChI=1S/C23H16BrN5O4S/c24-14-9-16-17(33-11-32-16)10-18(14)34-23-27-19-15(5-6-26-20(19)25)28(23)7-8-29-21(30)12-3-1-2-4-13(12)22(29)31/h1-6,9-10H,7-8,11H2,(H2,25,26). The Bertz CT molecular complexity index is 1470. The smallest absolute Gasteiger partial charge is 0.261 e. The third-order valence-electron chi connectivity index (χ3n) is 5.71. The maximum Gasteiger partial charge on any atom is 0.261 e. The van der Waals surface area contributed by atoms with Gasteiger partial charge in [0.05, 0.1) is 16.6 Å². The van der Waals surface area contributed by atoms with Gasteiger partial charge in [-0.15, -0.1) is 0 Å². The number of halogens is 1. The van der Waals surface area contributed by atoms with Crippen LogP contribution < -0.4 is 15.2 Å². The summed E-state index contributed by atoms with van der Waals surface area (Å²) >= 11 is 5.00. The van der Waals surface area contributed by atoms with E-state index in [9.17, 15) is 9.59 Å². The number of rotatable bonds is 5. The summed E-state index contributed by atoms with van der Waals surface area (Å²) in [4.78, 5) is 36.7. The Morgan fingerprint density at radius 1 is 1.03 bits per heavy atom. The molecule has 170 valence electrons. The predicted molar refractivity (Wildman–Crippen MR) is 128 cm³/mol. The quantitative estimate of drug-likeness (QED) is 0.380. The minimum absolute atomic E-state index is 0.177. The highest BCUT2D eigenvalue weighted by Gasteiger charge is 2.35. The number of nitrogens with two attached hydrogens (primary N) is 1. The van der Waals surface area contributed by atoms with Gasteiger partial charge in [-0.3, -0.25) is 14.5 Å². The van der Waals surface area contributed by atoms with Crippen LogP contribution in [0.15, 0.2) is 63.2 Å². The van der Waals surface area contributed by atoms with E-state index in [0.29, 0.717) is 45.7 Å². The number of imide groups is 1. The molecule has 2 N–H and O–H groups in total. The number of aromatic nitrogens is 3. The van der Waals surface area contributed by atoms with E-state index in [4.69, 9.17) is 20.2 Å². The summed E-state index contributed by atoms with van der Waals surface area (Å²) in [6, 6.07) is 12.4. The number of nitrogens with zero attached hydrogens (tertiary/aromatic N) is 4. The molecule has 2 amide bonds. The van der Waals surface area contributed by atoms with Crippen LogP contribution in [0.2, 0.25) is 0 Å². The molecule has 2 aromatic heterocycles. The highest BCUT2D eigenvalue weighted by atomic mass is 79.9. The first-order valence-electron chi connectivity index (χ1n) is 10.3. The summed E-state index contributed by atoms with van der Waals surface area (Å²) in [7, 11) is 0. The number of nitrogen functional groups attached to an aromatic ring is 1. The lowest BCUT2D eigenvalue weighted by Crippen LogP contribution is -2.33. The zero-order valence-electron chi connectivity index (χ0n) is 17.5. The Labute approximate surface area is 206 Å². The first-order valence-corrected chi connectivity index (χ1v) is 11.9. The number of amides is 2. The van der Waals surface area contributed by atoms with Crippen molar-refractivity contribution in [3.05, 3.63) is 64.3 Å². The molecule has 11 heteroatoms. The number of fused-ring (bicyclic) bond motifs is 3. The van der Waals surface area contributed by atoms with E-state index in [2.05, 4.69) is 20.9 Å². The summed E-state index contributed by atoms with van der Waals surface area (Å²) in [6.45, 7) is 0.711. The SMILES string of the molecule is Nc1nccc2c1nc(Sc1cc3c(cc1Br)OCO3)n2CCN1C(=O)c2ccccc2C1=O. The van der Waals surface area contributed by atoms with Gasteiger partial charge >= 0.3 is 0 Å². The fourth-order valence-corrected chi connectivity index (χ4v) is 5.58. The van der Waals surface area contributed by atoms with Gasteiger partial charge in [0.2, 0.25) is 6.79 Å². The second-order valence-electron chi connectivity index (χ2n) is 7.66. The second kappa shape index (κ2) is 8.03. The zero-order valence-corrected chi connectivity index (χ0v) is 19.9. The summed E-state index contributed by atoms with van der Waals surface area (Å²) < 4.78 is 13.7. The van der Waals surface area contributed by atoms with Crippen LogP contribution in [0.25, 0.3) is 11.0 Å². The van der Waals surface area contributed by atoms with Gasteiger partial charge in [-0.1, -0.05) is 23.9 Å². The van der Waals surface area contributed by atoms with E-state index >= 15 is 0 Å². The molecule has 2 aliphatic heterocycles. The molecule has 34 heavy (non-hydrogen) atoms. The molecule has 6 rings (SSSR count). The summed E-state index contributed by atoms with van der Waals surface area (Å²) in [5.74, 6) is 1.05. The van der Waals surface area contributed by atoms with Crippen LogP contribution >= 0.6 is 27.7 Å². The van der Waals surface area contributed by atoms with Gasteiger partial charge in [0, 0.05) is 28.7 Å². The third-order valence-corrected chi connectivity index (χ3v) is 7.68. The molecule has 2 aromatic carbocycles. The van der Waals surface area contributed by atoms with Crippen LogP contribution in [0.3, 0.4) is 0 Å². The number of hydrogen-bond acceptors (Lipinski definition) is 8. The topological polar surface area (TPSA) is 113 Å². The maximum atomic E-state index is 12.8. The zero-order chi connectivity index (χ0) is 23.4. The van der Waals surface area contributed by atoms with Gasteiger partial charge in [0.15, 0.2) is 22.5 Å². The number of benzene rings is 2. The molecule has 9 nitrogen and oxygen atoms in total. The fourth-order valence-electron chi connectivity index (χ4n) is 4.06. The highest BCUT2D eigenvalue weighted by Crippen LogP contribution is 2.43. The molecule has 0 aliphatic carbocycles. The predicted octanol–water partition coefficient (Wildman–Crippen LogP) is 3.95. The molecule has 4 heterocycles. The van der Waals surface area contributed by atoms with E-state index < -0.39 is 0 Å². The van der Waals surface area contributed by atoms with Crippen molar-refractivity contribution < 1.29 is 19.1 Å². The van der Waals surface area contributed by atoms with Crippen molar-refractivity contribution in [2.75, 3.05) is 19.1 Å². The summed E-state index contributed by atoms with van der Waals surface area (Å²) in [6.07, 6.45) is 1.61. The van der Waals surface area contributed by atoms with Crippen molar-refractivity contribution >= 4 is 56.4 Å². The molecule has 0 radical (unpaired) electrons. The van der Waals surface area contributed by atoms with Crippen LogP contribution in [0, 0.1) is 0 Å². The van der Waals surface area contributed by atoms with Crippen molar-refractivity contribution in [2.24, 2.45) is 0 Å². The van der Waals surface area contributed by atoms with Crippen LogP contribution in [-0.4, -0.2) is 44.6 Å². The van der Waals surface area contributed by atoms with E-state index in [1.807, 2.05) is 22.8 Å². The number of hydrogen-bond donors (Lipinski definition) is 1. The van der Waals surface area contributed by atoms with Crippen LogP contribution in [0.4, 0.5) is 5.82 Å². The third kappa shape index (κ3) is 3.31. The number of imidazole rings is 1. The molecular weight excluding hydrogens is 522 g/mol. The van der Waals surface area contributed by atoms with Crippen LogP contribution in [0.5, 0.6) is 11.5 Å². The number of pyridine rings is 1. The average molecular weight is 538 g/mol. The Hall–Kier alpha value is -3.57. The lowest BCUT2D eigenvalue weighted by atomic mass is 10.1. The van der Waals surface area contributed by atoms with E-state index in [-0.39, 0.29) is 25.2 Å². The minimum Gasteiger partial charge on any atom is -0.454 e. The number of carbonyl (C=O) groups excluding carboxylic acids is 2. The molecule has 2 aliphatic rings. The fraction of sp³-hybridized carbons (Fsp3) is 0.130. The van der Waals surface area contributed by atoms with Gasteiger partial charge in [-0.05, 0) is 46.3 Å². The van der Waals surface area contributed by atoms with Crippen molar-refractivity contribution in [3.63, 3.8) is 0 Å². The van der Waals surface area contributed by atoms with E-state index in [1.54, 1.807) is 30.5 Å². The highest BCUT2D eigenvalue weighted by molar-refractivity contribution is 9.10. The summed E-state index contributed by atoms with van der Waals surface area (Å²) in [5, 5.41) is 0.644. The van der Waals surface area contributed by atoms with E-state index in [0.717, 1.165) is 14.9 Å². The molecule has 0 atom stereocenters. The lowest BCUT2D eigenvalue weighted by Gasteiger charge is -2.16. The van der Waals surface area contributed by atoms with Gasteiger partial charge in [0.25, 0.3) is 11.8 Å². The minimum atomic E-state index is -0.293. The lowest BCUT2D eigenvalue weighted by molar-refractivity contribution is 0.0648. The number of anilines is 1. The molecule has 4 aromatic rings. The normalized spacial score (nSPS) is 14.3. The Morgan fingerprint density at radius 3 is 2.47 bits per heavy atom. The molecule has 0 spiro atoms. The van der Waals surface area contributed by atoms with Crippen molar-refractivity contribution in [1.29, 1.82) is 0 Å². The van der Waals surface area contributed by atoms with Gasteiger partial charge in [0.1, 0.15) is 5.52 Å². The van der Waals surface area contributed by atoms with Gasteiger partial charge in [-0.25, -0.2) is 9.97 Å². The largest absolute Gasteiger partial charge is 0.454 e. The molecular formula is C23H16BrN5O4S. The Balaban J connectivity index is 1.35. The molecule has 0 fully saturated rings. The molecule has 0 bridgehead atoms. The first-order chi connectivity index (χ1) is 16.5. The Morgan fingerprint density at radius 2 is 1.74 bits per heavy atom. The molecule has 0 saturated carbocycles. The molecule has 0 unspecified atom stereocenters. The van der Waals surface area contributed by atoms with Gasteiger partial charge < -0.3 is 19.8 Å². The number of ether oxygens (including phenoxy) is 2. The number of carbonyl (C=O) groups is 2. The average Bonchev–Trinajstić information content (AvgIpc) is 3.49. The van der Waals surface area contributed by atoms with Crippen molar-refractivity contribution in [2.45, 2.75) is 16.6 Å². The first kappa shape index (κ1) is 21.0. The Kier molecular flexibility index (Phi) is 4.96. The van der Waals surface area contributed by atoms with Gasteiger partial charge in [-0.2, -0.15) is 0 Å². The monoisotopic (exact) mass is 537 g/mol. The maximum absolute atomic E-state index is 12.8. The molecule has 0 saturated heterocycles. The summed E-state index contributed by atoms with van der Waals surface area (Å²) in [5.41, 5.74) is 8.27. The van der Waals surface area contributed by atoms with E-state index in [1.165, 1.54) is 16.7 Å². The van der Waals surface area contributed by atoms with Crippen LogP contribution in [0.1, 0.15) is 20.7 Å².